The van der Waals surface area contributed by atoms with Crippen molar-refractivity contribution in [3.05, 3.63) is 18.2 Å². The summed E-state index contributed by atoms with van der Waals surface area (Å²) in [6, 6.07) is 0. The molecule has 2 fully saturated rings. The van der Waals surface area contributed by atoms with E-state index in [2.05, 4.69) is 14.9 Å². The van der Waals surface area contributed by atoms with Crippen LogP contribution < -0.4 is 5.32 Å². The second-order valence-corrected chi connectivity index (χ2v) is 4.67. The number of hydrogen-bond donors (Lipinski definition) is 1. The van der Waals surface area contributed by atoms with Crippen LogP contribution >= 0.6 is 0 Å². The molecule has 2 atom stereocenters. The fourth-order valence-corrected chi connectivity index (χ4v) is 2.51. The van der Waals surface area contributed by atoms with E-state index < -0.39 is 0 Å². The molecule has 1 aromatic rings. The summed E-state index contributed by atoms with van der Waals surface area (Å²) in [5.41, 5.74) is 1.16. The Hall–Kier alpha value is -0.910. The molecule has 0 bridgehead atoms. The second kappa shape index (κ2) is 5.16. The Morgan fingerprint density at radius 3 is 3.18 bits per heavy atom. The average Bonchev–Trinajstić information content (AvgIpc) is 3.02. The molecule has 5 heteroatoms. The zero-order valence-electron chi connectivity index (χ0n) is 9.97. The van der Waals surface area contributed by atoms with Gasteiger partial charge in [0, 0.05) is 19.7 Å². The molecule has 17 heavy (non-hydrogen) atoms. The van der Waals surface area contributed by atoms with Gasteiger partial charge >= 0.3 is 0 Å². The Bertz CT molecular complexity index is 354. The number of ether oxygens (including phenoxy) is 2. The van der Waals surface area contributed by atoms with E-state index in [0.29, 0.717) is 6.10 Å². The van der Waals surface area contributed by atoms with Crippen LogP contribution in [0.4, 0.5) is 0 Å². The van der Waals surface area contributed by atoms with Gasteiger partial charge < -0.3 is 19.4 Å². The van der Waals surface area contributed by atoms with Gasteiger partial charge in [-0.25, -0.2) is 4.98 Å². The lowest BCUT2D eigenvalue weighted by atomic mass is 10.2. The Labute approximate surface area is 101 Å². The van der Waals surface area contributed by atoms with Gasteiger partial charge in [0.2, 0.25) is 0 Å². The van der Waals surface area contributed by atoms with E-state index in [1.165, 1.54) is 6.42 Å². The van der Waals surface area contributed by atoms with Crippen LogP contribution in [-0.4, -0.2) is 42.0 Å². The lowest BCUT2D eigenvalue weighted by molar-refractivity contribution is 0.0205. The van der Waals surface area contributed by atoms with Crippen LogP contribution in [0.2, 0.25) is 0 Å². The summed E-state index contributed by atoms with van der Waals surface area (Å²) in [7, 11) is 0. The molecule has 5 nitrogen and oxygen atoms in total. The van der Waals surface area contributed by atoms with Crippen molar-refractivity contribution >= 4 is 0 Å². The first-order valence-corrected chi connectivity index (χ1v) is 6.37. The molecule has 1 aromatic heterocycles. The van der Waals surface area contributed by atoms with Crippen LogP contribution in [0.5, 0.6) is 0 Å². The number of nitrogens with zero attached hydrogens (tertiary/aromatic N) is 2. The van der Waals surface area contributed by atoms with E-state index in [-0.39, 0.29) is 6.10 Å². The standard InChI is InChI=1S/C12H19N3O2/c1-2-10(16-4-1)8-15-9-14-6-11(15)12-7-13-3-5-17-12/h6,9-10,12-13H,1-5,7-8H2. The van der Waals surface area contributed by atoms with Crippen LogP contribution in [0, 0.1) is 0 Å². The summed E-state index contributed by atoms with van der Waals surface area (Å²) in [6.45, 7) is 4.38. The number of nitrogens with one attached hydrogen (secondary N) is 1. The van der Waals surface area contributed by atoms with Gasteiger partial charge in [-0.15, -0.1) is 0 Å². The van der Waals surface area contributed by atoms with Crippen molar-refractivity contribution in [3.63, 3.8) is 0 Å². The number of hydrogen-bond acceptors (Lipinski definition) is 4. The minimum atomic E-state index is 0.132. The van der Waals surface area contributed by atoms with E-state index in [1.807, 2.05) is 12.5 Å². The molecule has 0 aliphatic carbocycles. The van der Waals surface area contributed by atoms with Crippen molar-refractivity contribution in [2.45, 2.75) is 31.6 Å². The van der Waals surface area contributed by atoms with Gasteiger partial charge in [0.1, 0.15) is 6.10 Å². The van der Waals surface area contributed by atoms with Crippen molar-refractivity contribution in [3.8, 4) is 0 Å². The minimum absolute atomic E-state index is 0.132. The maximum atomic E-state index is 5.76. The smallest absolute Gasteiger partial charge is 0.111 e. The minimum Gasteiger partial charge on any atom is -0.376 e. The van der Waals surface area contributed by atoms with Gasteiger partial charge in [-0.2, -0.15) is 0 Å². The van der Waals surface area contributed by atoms with Crippen LogP contribution in [0.1, 0.15) is 24.6 Å². The third-order valence-electron chi connectivity index (χ3n) is 3.43. The summed E-state index contributed by atoms with van der Waals surface area (Å²) >= 11 is 0. The van der Waals surface area contributed by atoms with Crippen molar-refractivity contribution in [2.24, 2.45) is 0 Å². The number of imidazole rings is 1. The highest BCUT2D eigenvalue weighted by atomic mass is 16.5. The molecule has 0 saturated carbocycles. The average molecular weight is 237 g/mol. The van der Waals surface area contributed by atoms with Gasteiger partial charge in [-0.05, 0) is 12.8 Å². The Kier molecular flexibility index (Phi) is 3.40. The summed E-state index contributed by atoms with van der Waals surface area (Å²) in [4.78, 5) is 4.24. The Balaban J connectivity index is 1.69. The molecule has 3 heterocycles. The summed E-state index contributed by atoms with van der Waals surface area (Å²) in [5, 5.41) is 3.35. The van der Waals surface area contributed by atoms with E-state index in [0.717, 1.165) is 45.0 Å². The first kappa shape index (κ1) is 11.2. The molecule has 1 N–H and O–H groups in total. The predicted molar refractivity (Wildman–Crippen MR) is 62.8 cm³/mol. The molecule has 0 aromatic carbocycles. The normalized spacial score (nSPS) is 29.6. The molecule has 2 aliphatic rings. The molecular formula is C12H19N3O2. The van der Waals surface area contributed by atoms with Gasteiger partial charge in [0.05, 0.1) is 37.5 Å². The molecule has 3 rings (SSSR count). The predicted octanol–water partition coefficient (Wildman–Crippen LogP) is 0.723. The van der Waals surface area contributed by atoms with Crippen molar-refractivity contribution in [1.82, 2.24) is 14.9 Å². The summed E-state index contributed by atoms with van der Waals surface area (Å²) in [5.74, 6) is 0. The van der Waals surface area contributed by atoms with Gasteiger partial charge in [-0.1, -0.05) is 0 Å². The zero-order valence-corrected chi connectivity index (χ0v) is 9.97. The number of aromatic nitrogens is 2. The Morgan fingerprint density at radius 1 is 1.41 bits per heavy atom. The van der Waals surface area contributed by atoms with Crippen molar-refractivity contribution in [2.75, 3.05) is 26.3 Å². The number of morpholine rings is 1. The zero-order chi connectivity index (χ0) is 11.5. The highest BCUT2D eigenvalue weighted by Crippen LogP contribution is 2.21. The molecule has 0 amide bonds. The van der Waals surface area contributed by atoms with E-state index in [1.54, 1.807) is 0 Å². The largest absolute Gasteiger partial charge is 0.376 e. The van der Waals surface area contributed by atoms with Crippen LogP contribution in [-0.2, 0) is 16.0 Å². The van der Waals surface area contributed by atoms with Gasteiger partial charge in [0.25, 0.3) is 0 Å². The van der Waals surface area contributed by atoms with Crippen LogP contribution in [0.15, 0.2) is 12.5 Å². The third kappa shape index (κ3) is 2.51. The number of rotatable bonds is 3. The quantitative estimate of drug-likeness (QED) is 0.841. The fraction of sp³-hybridized carbons (Fsp3) is 0.750. The molecule has 2 unspecified atom stereocenters. The topological polar surface area (TPSA) is 48.3 Å². The molecule has 0 spiro atoms. The molecule has 2 aliphatic heterocycles. The third-order valence-corrected chi connectivity index (χ3v) is 3.43. The van der Waals surface area contributed by atoms with E-state index in [4.69, 9.17) is 9.47 Å². The maximum absolute atomic E-state index is 5.76. The van der Waals surface area contributed by atoms with Crippen LogP contribution in [0.25, 0.3) is 0 Å². The first-order valence-electron chi connectivity index (χ1n) is 6.37. The second-order valence-electron chi connectivity index (χ2n) is 4.67. The van der Waals surface area contributed by atoms with Crippen molar-refractivity contribution < 1.29 is 9.47 Å². The summed E-state index contributed by atoms with van der Waals surface area (Å²) < 4.78 is 13.6. The fourth-order valence-electron chi connectivity index (χ4n) is 2.51. The SMILES string of the molecule is c1ncn(CC2CCCO2)c1C1CNCCO1. The van der Waals surface area contributed by atoms with E-state index >= 15 is 0 Å². The maximum Gasteiger partial charge on any atom is 0.111 e. The Morgan fingerprint density at radius 2 is 2.41 bits per heavy atom. The first-order chi connectivity index (χ1) is 8.43. The van der Waals surface area contributed by atoms with Crippen LogP contribution in [0.3, 0.4) is 0 Å². The monoisotopic (exact) mass is 237 g/mol. The highest BCUT2D eigenvalue weighted by Gasteiger charge is 2.22. The summed E-state index contributed by atoms with van der Waals surface area (Å²) in [6.07, 6.45) is 6.60. The van der Waals surface area contributed by atoms with Gasteiger partial charge in [0.15, 0.2) is 0 Å². The lowest BCUT2D eigenvalue weighted by Gasteiger charge is -2.25. The molecule has 0 radical (unpaired) electrons. The molecular weight excluding hydrogens is 218 g/mol. The lowest BCUT2D eigenvalue weighted by Crippen LogP contribution is -2.34. The molecule has 94 valence electrons. The van der Waals surface area contributed by atoms with Crippen molar-refractivity contribution in [1.29, 1.82) is 0 Å². The molecule has 2 saturated heterocycles. The highest BCUT2D eigenvalue weighted by molar-refractivity contribution is 5.05. The van der Waals surface area contributed by atoms with E-state index in [9.17, 15) is 0 Å². The van der Waals surface area contributed by atoms with Gasteiger partial charge in [-0.3, -0.25) is 0 Å².